The van der Waals surface area contributed by atoms with Crippen molar-refractivity contribution in [1.29, 1.82) is 0 Å². The summed E-state index contributed by atoms with van der Waals surface area (Å²) in [6.45, 7) is -0.179. The van der Waals surface area contributed by atoms with Crippen LogP contribution >= 0.6 is 11.6 Å². The molecule has 154 valence electrons. The lowest BCUT2D eigenvalue weighted by Gasteiger charge is -2.12. The maximum atomic E-state index is 12.4. The topological polar surface area (TPSA) is 123 Å². The molecule has 1 heterocycles. The number of hydrogen-bond donors (Lipinski definition) is 3. The maximum absolute atomic E-state index is 12.4. The summed E-state index contributed by atoms with van der Waals surface area (Å²) in [6, 6.07) is 13.4. The lowest BCUT2D eigenvalue weighted by atomic mass is 10.1. The van der Waals surface area contributed by atoms with E-state index in [0.717, 1.165) is 5.39 Å². The minimum Gasteiger partial charge on any atom is -0.481 e. The number of pyridine rings is 1. The lowest BCUT2D eigenvalue weighted by Crippen LogP contribution is -2.29. The number of nitrogens with zero attached hydrogens (tertiary/aromatic N) is 1. The average molecular weight is 427 g/mol. The van der Waals surface area contributed by atoms with E-state index in [-0.39, 0.29) is 25.1 Å². The third kappa shape index (κ3) is 5.24. The van der Waals surface area contributed by atoms with Gasteiger partial charge in [0.15, 0.2) is 6.61 Å². The Labute approximate surface area is 177 Å². The molecule has 0 saturated carbocycles. The molecule has 0 aliphatic carbocycles. The first-order valence-electron chi connectivity index (χ1n) is 9.07. The predicted octanol–water partition coefficient (Wildman–Crippen LogP) is 2.51. The number of nitrogens with one attached hydrogen (secondary N) is 2. The number of carbonyl (C=O) groups excluding carboxylic acids is 3. The summed E-state index contributed by atoms with van der Waals surface area (Å²) in [5.74, 6) is -0.978. The number of fused-ring (bicyclic) bond motifs is 1. The number of primary amides is 1. The summed E-state index contributed by atoms with van der Waals surface area (Å²) < 4.78 is 5.61. The first-order chi connectivity index (χ1) is 14.5. The smallest absolute Gasteiger partial charge is 0.262 e. The third-order valence-corrected chi connectivity index (χ3v) is 4.47. The Kier molecular flexibility index (Phi) is 6.82. The SMILES string of the molecule is NC(=O)CCNC(=O)c1ccccc1NC(=O)COc1ccc(Cl)c2cccnc12. The Morgan fingerprint density at radius 1 is 1.07 bits per heavy atom. The molecule has 30 heavy (non-hydrogen) atoms. The Hall–Kier alpha value is -3.65. The Morgan fingerprint density at radius 3 is 2.67 bits per heavy atom. The second-order valence-electron chi connectivity index (χ2n) is 6.30. The zero-order valence-electron chi connectivity index (χ0n) is 15.9. The fraction of sp³-hybridized carbons (Fsp3) is 0.143. The minimum atomic E-state index is -0.516. The van der Waals surface area contributed by atoms with Gasteiger partial charge in [-0.3, -0.25) is 19.4 Å². The fourth-order valence-corrected chi connectivity index (χ4v) is 2.96. The summed E-state index contributed by atoms with van der Waals surface area (Å²) in [5.41, 5.74) is 6.19. The van der Waals surface area contributed by atoms with Crippen molar-refractivity contribution in [3.63, 3.8) is 0 Å². The van der Waals surface area contributed by atoms with Gasteiger partial charge in [0.1, 0.15) is 11.3 Å². The molecule has 2 aromatic carbocycles. The predicted molar refractivity (Wildman–Crippen MR) is 113 cm³/mol. The van der Waals surface area contributed by atoms with Crippen LogP contribution in [0.3, 0.4) is 0 Å². The van der Waals surface area contributed by atoms with Gasteiger partial charge in [-0.1, -0.05) is 23.7 Å². The quantitative estimate of drug-likeness (QED) is 0.510. The number of rotatable bonds is 8. The number of amides is 3. The van der Waals surface area contributed by atoms with Gasteiger partial charge in [-0.25, -0.2) is 0 Å². The van der Waals surface area contributed by atoms with Crippen molar-refractivity contribution in [2.45, 2.75) is 6.42 Å². The maximum Gasteiger partial charge on any atom is 0.262 e. The molecule has 0 spiro atoms. The molecule has 0 aliphatic heterocycles. The van der Waals surface area contributed by atoms with Gasteiger partial charge in [0.2, 0.25) is 5.91 Å². The second-order valence-corrected chi connectivity index (χ2v) is 6.71. The van der Waals surface area contributed by atoms with Crippen LogP contribution in [0.1, 0.15) is 16.8 Å². The number of anilines is 1. The molecule has 1 aromatic heterocycles. The summed E-state index contributed by atoms with van der Waals surface area (Å²) in [5, 5.41) is 6.49. The van der Waals surface area contributed by atoms with Crippen LogP contribution in [0.2, 0.25) is 5.02 Å². The number of nitrogens with two attached hydrogens (primary N) is 1. The Bertz CT molecular complexity index is 1100. The average Bonchev–Trinajstić information content (AvgIpc) is 2.73. The fourth-order valence-electron chi connectivity index (χ4n) is 2.74. The molecule has 4 N–H and O–H groups in total. The van der Waals surface area contributed by atoms with E-state index in [4.69, 9.17) is 22.1 Å². The van der Waals surface area contributed by atoms with E-state index in [9.17, 15) is 14.4 Å². The van der Waals surface area contributed by atoms with Crippen molar-refractivity contribution in [3.8, 4) is 5.75 Å². The number of para-hydroxylation sites is 1. The van der Waals surface area contributed by atoms with Crippen LogP contribution in [0.5, 0.6) is 5.75 Å². The molecule has 3 aromatic rings. The van der Waals surface area contributed by atoms with Gasteiger partial charge in [0, 0.05) is 24.5 Å². The number of hydrogen-bond acceptors (Lipinski definition) is 5. The first-order valence-corrected chi connectivity index (χ1v) is 9.45. The number of carbonyl (C=O) groups is 3. The van der Waals surface area contributed by atoms with Gasteiger partial charge in [-0.2, -0.15) is 0 Å². The number of ether oxygens (including phenoxy) is 1. The third-order valence-electron chi connectivity index (χ3n) is 4.14. The molecule has 0 saturated heterocycles. The van der Waals surface area contributed by atoms with Gasteiger partial charge in [-0.15, -0.1) is 0 Å². The van der Waals surface area contributed by atoms with E-state index in [1.54, 1.807) is 48.7 Å². The van der Waals surface area contributed by atoms with Crippen LogP contribution in [0.15, 0.2) is 54.7 Å². The van der Waals surface area contributed by atoms with Gasteiger partial charge in [-0.05, 0) is 36.4 Å². The summed E-state index contributed by atoms with van der Waals surface area (Å²) >= 11 is 6.16. The molecule has 0 unspecified atom stereocenters. The Balaban J connectivity index is 1.65. The summed E-state index contributed by atoms with van der Waals surface area (Å²) in [6.07, 6.45) is 1.63. The Morgan fingerprint density at radius 2 is 1.87 bits per heavy atom. The lowest BCUT2D eigenvalue weighted by molar-refractivity contribution is -0.118. The molecular weight excluding hydrogens is 408 g/mol. The second kappa shape index (κ2) is 9.71. The van der Waals surface area contributed by atoms with Crippen LogP contribution < -0.4 is 21.1 Å². The number of aromatic nitrogens is 1. The molecule has 9 heteroatoms. The zero-order valence-corrected chi connectivity index (χ0v) is 16.6. The minimum absolute atomic E-state index is 0.0250. The van der Waals surface area contributed by atoms with E-state index < -0.39 is 17.7 Å². The molecular formula is C21H19ClN4O4. The van der Waals surface area contributed by atoms with Crippen molar-refractivity contribution < 1.29 is 19.1 Å². The van der Waals surface area contributed by atoms with Crippen LogP contribution in [0.25, 0.3) is 10.9 Å². The highest BCUT2D eigenvalue weighted by Gasteiger charge is 2.14. The van der Waals surface area contributed by atoms with E-state index in [1.807, 2.05) is 6.07 Å². The van der Waals surface area contributed by atoms with E-state index >= 15 is 0 Å². The van der Waals surface area contributed by atoms with E-state index in [1.165, 1.54) is 0 Å². The van der Waals surface area contributed by atoms with Crippen molar-refractivity contribution in [3.05, 3.63) is 65.3 Å². The molecule has 0 bridgehead atoms. The molecule has 0 fully saturated rings. The standard InChI is InChI=1S/C21H19ClN4O4/c22-15-7-8-17(20-13(15)5-3-10-24-20)30-12-19(28)26-16-6-2-1-4-14(16)21(29)25-11-9-18(23)27/h1-8,10H,9,11-12H2,(H2,23,27)(H,25,29)(H,26,28). The highest BCUT2D eigenvalue weighted by molar-refractivity contribution is 6.35. The molecule has 0 aliphatic rings. The molecule has 3 amide bonds. The molecule has 8 nitrogen and oxygen atoms in total. The highest BCUT2D eigenvalue weighted by Crippen LogP contribution is 2.29. The van der Waals surface area contributed by atoms with Crippen LogP contribution in [0, 0.1) is 0 Å². The summed E-state index contributed by atoms with van der Waals surface area (Å²) in [7, 11) is 0. The van der Waals surface area contributed by atoms with Crippen LogP contribution in [-0.4, -0.2) is 35.9 Å². The largest absolute Gasteiger partial charge is 0.481 e. The zero-order chi connectivity index (χ0) is 21.5. The van der Waals surface area contributed by atoms with Crippen LogP contribution in [-0.2, 0) is 9.59 Å². The van der Waals surface area contributed by atoms with E-state index in [0.29, 0.717) is 22.0 Å². The van der Waals surface area contributed by atoms with E-state index in [2.05, 4.69) is 15.6 Å². The summed E-state index contributed by atoms with van der Waals surface area (Å²) in [4.78, 5) is 39.8. The van der Waals surface area contributed by atoms with Crippen molar-refractivity contribution >= 4 is 45.9 Å². The van der Waals surface area contributed by atoms with Gasteiger partial charge in [0.05, 0.1) is 16.3 Å². The normalized spacial score (nSPS) is 10.4. The van der Waals surface area contributed by atoms with Crippen LogP contribution in [0.4, 0.5) is 5.69 Å². The van der Waals surface area contributed by atoms with Gasteiger partial charge >= 0.3 is 0 Å². The van der Waals surface area contributed by atoms with Crippen molar-refractivity contribution in [1.82, 2.24) is 10.3 Å². The van der Waals surface area contributed by atoms with Crippen molar-refractivity contribution in [2.24, 2.45) is 5.73 Å². The monoisotopic (exact) mass is 426 g/mol. The van der Waals surface area contributed by atoms with Crippen molar-refractivity contribution in [2.75, 3.05) is 18.5 Å². The highest BCUT2D eigenvalue weighted by atomic mass is 35.5. The van der Waals surface area contributed by atoms with Gasteiger partial charge < -0.3 is 21.1 Å². The number of benzene rings is 2. The first kappa shape index (κ1) is 21.1. The molecule has 0 atom stereocenters. The molecule has 3 rings (SSSR count). The molecule has 0 radical (unpaired) electrons. The number of halogens is 1. The van der Waals surface area contributed by atoms with Gasteiger partial charge in [0.25, 0.3) is 11.8 Å².